The van der Waals surface area contributed by atoms with Crippen LogP contribution < -0.4 is 10.5 Å². The van der Waals surface area contributed by atoms with E-state index in [2.05, 4.69) is 16.3 Å². The summed E-state index contributed by atoms with van der Waals surface area (Å²) < 4.78 is 5.21. The number of hydrogen-bond acceptors (Lipinski definition) is 4. The van der Waals surface area contributed by atoms with Crippen LogP contribution in [0.4, 0.5) is 5.82 Å². The number of nitrogens with zero attached hydrogens (tertiary/aromatic N) is 2. The third kappa shape index (κ3) is 2.20. The summed E-state index contributed by atoms with van der Waals surface area (Å²) in [7, 11) is 1.67. The number of anilines is 1. The molecule has 0 saturated heterocycles. The first-order valence-corrected chi connectivity index (χ1v) is 5.94. The number of aromatic nitrogens is 2. The van der Waals surface area contributed by atoms with Gasteiger partial charge in [0.1, 0.15) is 11.6 Å². The van der Waals surface area contributed by atoms with Gasteiger partial charge in [-0.3, -0.25) is 0 Å². The number of fused-ring (bicyclic) bond motifs is 1. The lowest BCUT2D eigenvalue weighted by molar-refractivity contribution is 0.415. The first kappa shape index (κ1) is 11.5. The molecular weight excluding hydrogens is 238 g/mol. The molecule has 1 aromatic heterocycles. The Balaban J connectivity index is 2.08. The van der Waals surface area contributed by atoms with E-state index in [9.17, 15) is 0 Å². The summed E-state index contributed by atoms with van der Waals surface area (Å²) in [6.07, 6.45) is 0. The first-order valence-electron chi connectivity index (χ1n) is 5.94. The molecule has 2 aromatic carbocycles. The van der Waals surface area contributed by atoms with Crippen molar-refractivity contribution in [3.63, 3.8) is 0 Å². The molecule has 0 saturated carbocycles. The molecule has 0 radical (unpaired) electrons. The molecule has 0 bridgehead atoms. The lowest BCUT2D eigenvalue weighted by atomic mass is 10.0. The number of benzene rings is 2. The van der Waals surface area contributed by atoms with Crippen LogP contribution in [0.3, 0.4) is 0 Å². The monoisotopic (exact) mass is 251 g/mol. The largest absolute Gasteiger partial charge is 0.497 e. The van der Waals surface area contributed by atoms with Crippen molar-refractivity contribution in [2.75, 3.05) is 12.8 Å². The van der Waals surface area contributed by atoms with Gasteiger partial charge in [0.2, 0.25) is 0 Å². The molecule has 3 aromatic rings. The SMILES string of the molecule is COc1ccc2cc(-c3ccc(N)nn3)ccc2c1. The van der Waals surface area contributed by atoms with Crippen LogP contribution in [0.2, 0.25) is 0 Å². The summed E-state index contributed by atoms with van der Waals surface area (Å²) in [5.74, 6) is 1.28. The van der Waals surface area contributed by atoms with E-state index in [-0.39, 0.29) is 0 Å². The van der Waals surface area contributed by atoms with Crippen LogP contribution in [0.1, 0.15) is 0 Å². The van der Waals surface area contributed by atoms with Crippen molar-refractivity contribution in [1.82, 2.24) is 10.2 Å². The quantitative estimate of drug-likeness (QED) is 0.760. The van der Waals surface area contributed by atoms with Crippen LogP contribution in [0.25, 0.3) is 22.0 Å². The van der Waals surface area contributed by atoms with E-state index in [4.69, 9.17) is 10.5 Å². The lowest BCUT2D eigenvalue weighted by Gasteiger charge is -2.05. The van der Waals surface area contributed by atoms with E-state index in [1.807, 2.05) is 36.4 Å². The molecule has 0 unspecified atom stereocenters. The van der Waals surface area contributed by atoms with Gasteiger partial charge in [0.25, 0.3) is 0 Å². The number of nitrogen functional groups attached to an aromatic ring is 1. The van der Waals surface area contributed by atoms with Gasteiger partial charge in [-0.2, -0.15) is 0 Å². The highest BCUT2D eigenvalue weighted by Gasteiger charge is 2.02. The highest BCUT2D eigenvalue weighted by molar-refractivity contribution is 5.87. The van der Waals surface area contributed by atoms with Crippen molar-refractivity contribution in [2.45, 2.75) is 0 Å². The highest BCUT2D eigenvalue weighted by atomic mass is 16.5. The predicted molar refractivity (Wildman–Crippen MR) is 75.9 cm³/mol. The van der Waals surface area contributed by atoms with E-state index in [0.29, 0.717) is 5.82 Å². The van der Waals surface area contributed by atoms with Crippen molar-refractivity contribution >= 4 is 16.6 Å². The Morgan fingerprint density at radius 2 is 1.68 bits per heavy atom. The number of hydrogen-bond donors (Lipinski definition) is 1. The average molecular weight is 251 g/mol. The molecule has 3 rings (SSSR count). The van der Waals surface area contributed by atoms with E-state index in [1.165, 1.54) is 0 Å². The number of rotatable bonds is 2. The van der Waals surface area contributed by atoms with E-state index >= 15 is 0 Å². The second kappa shape index (κ2) is 4.57. The van der Waals surface area contributed by atoms with Crippen molar-refractivity contribution in [1.29, 1.82) is 0 Å². The minimum atomic E-state index is 0.425. The van der Waals surface area contributed by atoms with Gasteiger partial charge in [0, 0.05) is 5.56 Å². The normalized spacial score (nSPS) is 10.6. The fourth-order valence-electron chi connectivity index (χ4n) is 2.01. The Morgan fingerprint density at radius 1 is 0.895 bits per heavy atom. The molecule has 0 atom stereocenters. The van der Waals surface area contributed by atoms with Crippen LogP contribution in [-0.2, 0) is 0 Å². The molecule has 19 heavy (non-hydrogen) atoms. The van der Waals surface area contributed by atoms with Gasteiger partial charge in [-0.1, -0.05) is 18.2 Å². The molecule has 0 spiro atoms. The molecule has 0 aliphatic carbocycles. The molecule has 0 fully saturated rings. The van der Waals surface area contributed by atoms with Crippen LogP contribution in [0, 0.1) is 0 Å². The van der Waals surface area contributed by atoms with Gasteiger partial charge in [0.05, 0.1) is 12.8 Å². The smallest absolute Gasteiger partial charge is 0.146 e. The highest BCUT2D eigenvalue weighted by Crippen LogP contribution is 2.25. The molecule has 1 heterocycles. The number of ether oxygens (including phenoxy) is 1. The minimum absolute atomic E-state index is 0.425. The maximum atomic E-state index is 5.54. The zero-order chi connectivity index (χ0) is 13.2. The zero-order valence-corrected chi connectivity index (χ0v) is 10.5. The topological polar surface area (TPSA) is 61.0 Å². The number of nitrogens with two attached hydrogens (primary N) is 1. The molecule has 4 heteroatoms. The van der Waals surface area contributed by atoms with Crippen LogP contribution in [0.5, 0.6) is 5.75 Å². The Morgan fingerprint density at radius 3 is 2.42 bits per heavy atom. The van der Waals surface area contributed by atoms with Gasteiger partial charge in [-0.25, -0.2) is 0 Å². The standard InChI is InChI=1S/C15H13N3O/c1-19-13-5-4-10-8-12(3-2-11(10)9-13)14-6-7-15(16)18-17-14/h2-9H,1H3,(H2,16,18). The van der Waals surface area contributed by atoms with Gasteiger partial charge >= 0.3 is 0 Å². The second-order valence-electron chi connectivity index (χ2n) is 4.27. The second-order valence-corrected chi connectivity index (χ2v) is 4.27. The summed E-state index contributed by atoms with van der Waals surface area (Å²) in [4.78, 5) is 0. The lowest BCUT2D eigenvalue weighted by Crippen LogP contribution is -1.93. The van der Waals surface area contributed by atoms with Gasteiger partial charge in [0.15, 0.2) is 0 Å². The summed E-state index contributed by atoms with van der Waals surface area (Å²) >= 11 is 0. The van der Waals surface area contributed by atoms with E-state index in [1.54, 1.807) is 13.2 Å². The van der Waals surface area contributed by atoms with Gasteiger partial charge in [-0.15, -0.1) is 10.2 Å². The summed E-state index contributed by atoms with van der Waals surface area (Å²) in [5.41, 5.74) is 7.37. The van der Waals surface area contributed by atoms with Crippen molar-refractivity contribution in [3.05, 3.63) is 48.5 Å². The first-order chi connectivity index (χ1) is 9.26. The van der Waals surface area contributed by atoms with Crippen molar-refractivity contribution in [3.8, 4) is 17.0 Å². The van der Waals surface area contributed by atoms with E-state index < -0.39 is 0 Å². The molecule has 94 valence electrons. The summed E-state index contributed by atoms with van der Waals surface area (Å²) in [6, 6.07) is 15.7. The molecule has 0 amide bonds. The van der Waals surface area contributed by atoms with Gasteiger partial charge in [-0.05, 0) is 41.1 Å². The van der Waals surface area contributed by atoms with Crippen molar-refractivity contribution < 1.29 is 4.74 Å². The molecule has 0 aliphatic rings. The van der Waals surface area contributed by atoms with Crippen LogP contribution >= 0.6 is 0 Å². The predicted octanol–water partition coefficient (Wildman–Crippen LogP) is 2.89. The fraction of sp³-hybridized carbons (Fsp3) is 0.0667. The summed E-state index contributed by atoms with van der Waals surface area (Å²) in [6.45, 7) is 0. The summed E-state index contributed by atoms with van der Waals surface area (Å²) in [5, 5.41) is 10.2. The fourth-order valence-corrected chi connectivity index (χ4v) is 2.01. The van der Waals surface area contributed by atoms with Crippen LogP contribution in [-0.4, -0.2) is 17.3 Å². The Bertz CT molecular complexity index is 723. The zero-order valence-electron chi connectivity index (χ0n) is 10.5. The molecular formula is C15H13N3O. The maximum Gasteiger partial charge on any atom is 0.146 e. The van der Waals surface area contributed by atoms with Crippen LogP contribution in [0.15, 0.2) is 48.5 Å². The minimum Gasteiger partial charge on any atom is -0.497 e. The number of methoxy groups -OCH3 is 1. The van der Waals surface area contributed by atoms with Crippen molar-refractivity contribution in [2.24, 2.45) is 0 Å². The third-order valence-electron chi connectivity index (χ3n) is 3.03. The average Bonchev–Trinajstić information content (AvgIpc) is 2.47. The van der Waals surface area contributed by atoms with E-state index in [0.717, 1.165) is 27.8 Å². The Hall–Kier alpha value is -2.62. The molecule has 4 nitrogen and oxygen atoms in total. The third-order valence-corrected chi connectivity index (χ3v) is 3.03. The molecule has 0 aliphatic heterocycles. The maximum absolute atomic E-state index is 5.54. The molecule has 2 N–H and O–H groups in total. The Kier molecular flexibility index (Phi) is 2.76. The van der Waals surface area contributed by atoms with Gasteiger partial charge < -0.3 is 10.5 Å². The Labute approximate surface area is 110 Å².